The number of hydrogen-bond donors (Lipinski definition) is 0. The summed E-state index contributed by atoms with van der Waals surface area (Å²) in [6.07, 6.45) is 9.13. The summed E-state index contributed by atoms with van der Waals surface area (Å²) >= 11 is 0. The maximum Gasteiger partial charge on any atom is 0.0810 e. The lowest BCUT2D eigenvalue weighted by Gasteiger charge is -2.31. The number of fused-ring (bicyclic) bond motifs is 1. The maximum absolute atomic E-state index is 4.85. The van der Waals surface area contributed by atoms with Gasteiger partial charge in [-0.1, -0.05) is 19.3 Å². The number of rotatable bonds is 1. The molecule has 3 heteroatoms. The Hall–Kier alpha value is -0.830. The first-order chi connectivity index (χ1) is 8.54. The Labute approximate surface area is 110 Å². The quantitative estimate of drug-likeness (QED) is 0.757. The summed E-state index contributed by atoms with van der Waals surface area (Å²) in [5, 5.41) is 4.85. The van der Waals surface area contributed by atoms with Gasteiger partial charge in [-0.15, -0.1) is 0 Å². The van der Waals surface area contributed by atoms with Crippen LogP contribution in [0.1, 0.15) is 70.2 Å². The van der Waals surface area contributed by atoms with E-state index in [0.29, 0.717) is 6.04 Å². The zero-order chi connectivity index (χ0) is 12.8. The minimum Gasteiger partial charge on any atom is -0.288 e. The van der Waals surface area contributed by atoms with E-state index < -0.39 is 0 Å². The highest BCUT2D eigenvalue weighted by Gasteiger charge is 2.31. The van der Waals surface area contributed by atoms with Crippen LogP contribution >= 0.6 is 0 Å². The molecule has 1 aliphatic carbocycles. The van der Waals surface area contributed by atoms with Crippen LogP contribution in [0, 0.1) is 0 Å². The molecule has 0 saturated heterocycles. The van der Waals surface area contributed by atoms with Crippen molar-refractivity contribution >= 4 is 0 Å². The van der Waals surface area contributed by atoms with Gasteiger partial charge in [0.15, 0.2) is 0 Å². The molecule has 1 fully saturated rings. The fourth-order valence-electron chi connectivity index (χ4n) is 3.18. The van der Waals surface area contributed by atoms with Gasteiger partial charge in [-0.3, -0.25) is 9.58 Å². The highest BCUT2D eigenvalue weighted by Crippen LogP contribution is 2.32. The predicted octanol–water partition coefficient (Wildman–Crippen LogP) is 3.50. The molecule has 1 aliphatic heterocycles. The minimum absolute atomic E-state index is 0.253. The Morgan fingerprint density at radius 3 is 2.44 bits per heavy atom. The molecule has 3 nitrogen and oxygen atoms in total. The molecule has 100 valence electrons. The Morgan fingerprint density at radius 1 is 1.11 bits per heavy atom. The molecule has 2 heterocycles. The predicted molar refractivity (Wildman–Crippen MR) is 73.3 cm³/mol. The van der Waals surface area contributed by atoms with E-state index in [1.165, 1.54) is 43.4 Å². The monoisotopic (exact) mass is 247 g/mol. The van der Waals surface area contributed by atoms with Crippen molar-refractivity contribution in [1.82, 2.24) is 14.7 Å². The topological polar surface area (TPSA) is 21.1 Å². The van der Waals surface area contributed by atoms with E-state index in [1.807, 2.05) is 0 Å². The maximum atomic E-state index is 4.85. The van der Waals surface area contributed by atoms with Gasteiger partial charge in [0.1, 0.15) is 0 Å². The lowest BCUT2D eigenvalue weighted by molar-refractivity contribution is 0.133. The van der Waals surface area contributed by atoms with Gasteiger partial charge < -0.3 is 0 Å². The normalized spacial score (nSPS) is 22.4. The van der Waals surface area contributed by atoms with Crippen molar-refractivity contribution < 1.29 is 0 Å². The van der Waals surface area contributed by atoms with Crippen LogP contribution in [0.2, 0.25) is 0 Å². The van der Waals surface area contributed by atoms with E-state index in [4.69, 9.17) is 5.10 Å². The Morgan fingerprint density at radius 2 is 1.83 bits per heavy atom. The highest BCUT2D eigenvalue weighted by atomic mass is 15.3. The van der Waals surface area contributed by atoms with Crippen molar-refractivity contribution in [3.8, 4) is 0 Å². The molecule has 0 amide bonds. The first-order valence-electron chi connectivity index (χ1n) is 7.36. The van der Waals surface area contributed by atoms with Gasteiger partial charge in [-0.2, -0.15) is 5.10 Å². The fraction of sp³-hybridized carbons (Fsp3) is 0.800. The van der Waals surface area contributed by atoms with E-state index in [2.05, 4.69) is 36.5 Å². The smallest absolute Gasteiger partial charge is 0.0810 e. The lowest BCUT2D eigenvalue weighted by Crippen LogP contribution is -2.37. The van der Waals surface area contributed by atoms with Crippen LogP contribution in [0.25, 0.3) is 0 Å². The van der Waals surface area contributed by atoms with Crippen molar-refractivity contribution in [2.24, 2.45) is 0 Å². The molecule has 0 bridgehead atoms. The van der Waals surface area contributed by atoms with Gasteiger partial charge in [0.25, 0.3) is 0 Å². The third kappa shape index (κ3) is 2.20. The molecule has 0 aromatic carbocycles. The van der Waals surface area contributed by atoms with Crippen LogP contribution in [0.4, 0.5) is 0 Å². The molecule has 0 N–H and O–H groups in total. The van der Waals surface area contributed by atoms with Gasteiger partial charge in [0.2, 0.25) is 0 Å². The van der Waals surface area contributed by atoms with Crippen LogP contribution in [-0.2, 0) is 13.1 Å². The summed E-state index contributed by atoms with van der Waals surface area (Å²) in [6.45, 7) is 8.96. The summed E-state index contributed by atoms with van der Waals surface area (Å²) in [6, 6.07) is 0.674. The molecule has 0 radical (unpaired) electrons. The first-order valence-corrected chi connectivity index (χ1v) is 7.36. The summed E-state index contributed by atoms with van der Waals surface area (Å²) in [5.74, 6) is 0. The molecule has 0 atom stereocenters. The van der Waals surface area contributed by atoms with E-state index in [0.717, 1.165) is 13.1 Å². The van der Waals surface area contributed by atoms with E-state index in [1.54, 1.807) is 0 Å². The second-order valence-electron chi connectivity index (χ2n) is 6.90. The van der Waals surface area contributed by atoms with Gasteiger partial charge in [-0.25, -0.2) is 0 Å². The second-order valence-corrected chi connectivity index (χ2v) is 6.90. The average Bonchev–Trinajstić information content (AvgIpc) is 2.86. The van der Waals surface area contributed by atoms with E-state index in [-0.39, 0.29) is 5.54 Å². The van der Waals surface area contributed by atoms with Gasteiger partial charge in [0, 0.05) is 30.4 Å². The molecule has 0 spiro atoms. The Kier molecular flexibility index (Phi) is 2.97. The summed E-state index contributed by atoms with van der Waals surface area (Å²) in [5.41, 5.74) is 3.02. The number of aromatic nitrogens is 2. The Balaban J connectivity index is 1.73. The molecular weight excluding hydrogens is 222 g/mol. The molecule has 1 saturated carbocycles. The molecule has 1 aromatic heterocycles. The Bertz CT molecular complexity index is 398. The van der Waals surface area contributed by atoms with Crippen LogP contribution in [0.15, 0.2) is 6.20 Å². The van der Waals surface area contributed by atoms with Crippen LogP contribution in [-0.4, -0.2) is 20.2 Å². The van der Waals surface area contributed by atoms with Crippen molar-refractivity contribution in [1.29, 1.82) is 0 Å². The lowest BCUT2D eigenvalue weighted by atomic mass is 9.96. The summed E-state index contributed by atoms with van der Waals surface area (Å²) < 4.78 is 2.27. The van der Waals surface area contributed by atoms with Gasteiger partial charge in [0.05, 0.1) is 11.7 Å². The molecule has 18 heavy (non-hydrogen) atoms. The van der Waals surface area contributed by atoms with Crippen LogP contribution < -0.4 is 0 Å². The average molecular weight is 247 g/mol. The van der Waals surface area contributed by atoms with Gasteiger partial charge >= 0.3 is 0 Å². The zero-order valence-electron chi connectivity index (χ0n) is 11.9. The molecule has 3 rings (SSSR count). The van der Waals surface area contributed by atoms with Gasteiger partial charge in [-0.05, 0) is 33.6 Å². The van der Waals surface area contributed by atoms with E-state index >= 15 is 0 Å². The standard InChI is InChI=1S/C15H25N3/c1-15(2,3)17-9-12-10-18(16-14(12)11-17)13-7-5-4-6-8-13/h10,13H,4-9,11H2,1-3H3. The highest BCUT2D eigenvalue weighted by molar-refractivity contribution is 5.22. The molecular formula is C15H25N3. The fourth-order valence-corrected chi connectivity index (χ4v) is 3.18. The largest absolute Gasteiger partial charge is 0.288 e. The van der Waals surface area contributed by atoms with Crippen LogP contribution in [0.5, 0.6) is 0 Å². The van der Waals surface area contributed by atoms with Crippen molar-refractivity contribution in [3.63, 3.8) is 0 Å². The number of hydrogen-bond acceptors (Lipinski definition) is 2. The first kappa shape index (κ1) is 12.2. The molecule has 2 aliphatic rings. The third-order valence-electron chi connectivity index (χ3n) is 4.49. The number of nitrogens with zero attached hydrogens (tertiary/aromatic N) is 3. The SMILES string of the molecule is CC(C)(C)N1Cc2cn(C3CCCCC3)nc2C1. The molecule has 0 unspecified atom stereocenters. The molecule has 1 aromatic rings. The van der Waals surface area contributed by atoms with Crippen LogP contribution in [0.3, 0.4) is 0 Å². The van der Waals surface area contributed by atoms with E-state index in [9.17, 15) is 0 Å². The van der Waals surface area contributed by atoms with Crippen molar-refractivity contribution in [2.75, 3.05) is 0 Å². The summed E-state index contributed by atoms with van der Waals surface area (Å²) in [7, 11) is 0. The summed E-state index contributed by atoms with van der Waals surface area (Å²) in [4.78, 5) is 2.51. The second kappa shape index (κ2) is 4.37. The van der Waals surface area contributed by atoms with Crippen molar-refractivity contribution in [2.45, 2.75) is 77.5 Å². The third-order valence-corrected chi connectivity index (χ3v) is 4.49. The minimum atomic E-state index is 0.253. The van der Waals surface area contributed by atoms with Crippen molar-refractivity contribution in [3.05, 3.63) is 17.5 Å². The zero-order valence-corrected chi connectivity index (χ0v) is 11.9.